The Morgan fingerprint density at radius 1 is 1.28 bits per heavy atom. The molecule has 7 heteroatoms. The summed E-state index contributed by atoms with van der Waals surface area (Å²) in [5.74, 6) is 0.0699. The molecular weight excluding hydrogens is 386 g/mol. The Balaban J connectivity index is 1.79. The van der Waals surface area contributed by atoms with Crippen LogP contribution in [-0.4, -0.2) is 38.5 Å². The highest BCUT2D eigenvalue weighted by atomic mass is 32.1. The lowest BCUT2D eigenvalue weighted by atomic mass is 9.88. The first-order valence-electron chi connectivity index (χ1n) is 9.87. The number of ketones is 1. The largest absolute Gasteiger partial charge is 0.383 e. The molecule has 152 valence electrons. The van der Waals surface area contributed by atoms with E-state index in [0.29, 0.717) is 19.6 Å². The fourth-order valence-electron chi connectivity index (χ4n) is 4.02. The molecule has 0 saturated carbocycles. The molecule has 1 aromatic carbocycles. The number of carbonyl (C=O) groups excluding carboxylic acids is 2. The van der Waals surface area contributed by atoms with E-state index in [2.05, 4.69) is 15.5 Å². The Morgan fingerprint density at radius 2 is 2.14 bits per heavy atom. The van der Waals surface area contributed by atoms with E-state index >= 15 is 0 Å². The molecule has 0 radical (unpaired) electrons. The van der Waals surface area contributed by atoms with Crippen molar-refractivity contribution in [1.82, 2.24) is 5.32 Å². The molecule has 0 spiro atoms. The quantitative estimate of drug-likeness (QED) is 0.712. The van der Waals surface area contributed by atoms with Gasteiger partial charge in [0.15, 0.2) is 5.78 Å². The van der Waals surface area contributed by atoms with Gasteiger partial charge in [-0.05, 0) is 36.4 Å². The van der Waals surface area contributed by atoms with Gasteiger partial charge in [0.1, 0.15) is 0 Å². The van der Waals surface area contributed by atoms with Crippen LogP contribution in [0.3, 0.4) is 0 Å². The molecule has 1 aliphatic heterocycles. The Bertz CT molecular complexity index is 923. The van der Waals surface area contributed by atoms with Gasteiger partial charge in [-0.15, -0.1) is 11.3 Å². The number of hydrogen-bond acceptors (Lipinski definition) is 6. The molecule has 29 heavy (non-hydrogen) atoms. The van der Waals surface area contributed by atoms with E-state index in [-0.39, 0.29) is 24.3 Å². The van der Waals surface area contributed by atoms with E-state index < -0.39 is 0 Å². The Morgan fingerprint density at radius 3 is 2.93 bits per heavy atom. The van der Waals surface area contributed by atoms with E-state index in [4.69, 9.17) is 4.74 Å². The van der Waals surface area contributed by atoms with Crippen molar-refractivity contribution >= 4 is 34.4 Å². The first-order chi connectivity index (χ1) is 14.2. The van der Waals surface area contributed by atoms with Gasteiger partial charge in [0.05, 0.1) is 30.6 Å². The molecule has 0 saturated heterocycles. The van der Waals surface area contributed by atoms with Crippen LogP contribution in [0.5, 0.6) is 0 Å². The van der Waals surface area contributed by atoms with Crippen LogP contribution in [0.1, 0.15) is 30.2 Å². The average Bonchev–Trinajstić information content (AvgIpc) is 3.20. The third kappa shape index (κ3) is 4.06. The molecule has 2 aromatic rings. The highest BCUT2D eigenvalue weighted by molar-refractivity contribution is 7.10. The van der Waals surface area contributed by atoms with Gasteiger partial charge in [-0.2, -0.15) is 0 Å². The summed E-state index contributed by atoms with van der Waals surface area (Å²) < 4.78 is 5.03. The van der Waals surface area contributed by atoms with Gasteiger partial charge in [0.2, 0.25) is 5.91 Å². The Kier molecular flexibility index (Phi) is 5.97. The van der Waals surface area contributed by atoms with Crippen molar-refractivity contribution in [2.45, 2.75) is 25.3 Å². The van der Waals surface area contributed by atoms with Crippen LogP contribution >= 0.6 is 11.3 Å². The predicted octanol–water partition coefficient (Wildman–Crippen LogP) is 3.49. The Labute approximate surface area is 174 Å². The number of fused-ring (bicyclic) bond motifs is 1. The van der Waals surface area contributed by atoms with Crippen LogP contribution in [-0.2, 0) is 14.3 Å². The third-order valence-corrected chi connectivity index (χ3v) is 6.22. The first kappa shape index (κ1) is 19.7. The monoisotopic (exact) mass is 411 g/mol. The number of ether oxygens (including phenoxy) is 1. The first-order valence-corrected chi connectivity index (χ1v) is 10.7. The average molecular weight is 412 g/mol. The smallest absolute Gasteiger partial charge is 0.239 e. The third-order valence-electron chi connectivity index (χ3n) is 5.30. The zero-order valence-electron chi connectivity index (χ0n) is 16.4. The lowest BCUT2D eigenvalue weighted by Crippen LogP contribution is -2.41. The molecule has 1 amide bonds. The van der Waals surface area contributed by atoms with Gasteiger partial charge in [-0.1, -0.05) is 18.2 Å². The molecule has 1 unspecified atom stereocenters. The summed E-state index contributed by atoms with van der Waals surface area (Å²) >= 11 is 1.62. The minimum atomic E-state index is -0.276. The summed E-state index contributed by atoms with van der Waals surface area (Å²) in [6.45, 7) is 1.08. The number of amides is 1. The summed E-state index contributed by atoms with van der Waals surface area (Å²) in [5, 5.41) is 8.43. The maximum absolute atomic E-state index is 13.0. The minimum Gasteiger partial charge on any atom is -0.383 e. The van der Waals surface area contributed by atoms with Gasteiger partial charge in [-0.3, -0.25) is 9.59 Å². The normalized spacial score (nSPS) is 18.6. The number of nitrogens with zero attached hydrogens (tertiary/aromatic N) is 1. The second-order valence-corrected chi connectivity index (χ2v) is 8.18. The molecule has 1 aromatic heterocycles. The highest BCUT2D eigenvalue weighted by Crippen LogP contribution is 2.45. The van der Waals surface area contributed by atoms with Gasteiger partial charge in [0.25, 0.3) is 0 Å². The second kappa shape index (κ2) is 8.80. The zero-order valence-corrected chi connectivity index (χ0v) is 17.3. The summed E-state index contributed by atoms with van der Waals surface area (Å²) in [6.07, 6.45) is 2.24. The molecule has 4 rings (SSSR count). The molecule has 0 bridgehead atoms. The number of rotatable bonds is 6. The number of thiophene rings is 1. The van der Waals surface area contributed by atoms with Gasteiger partial charge in [-0.25, -0.2) is 0 Å². The number of para-hydroxylation sites is 2. The zero-order chi connectivity index (χ0) is 20.2. The van der Waals surface area contributed by atoms with Gasteiger partial charge >= 0.3 is 0 Å². The molecule has 1 aliphatic carbocycles. The van der Waals surface area contributed by atoms with Gasteiger partial charge < -0.3 is 20.3 Å². The maximum atomic E-state index is 13.0. The van der Waals surface area contributed by atoms with Crippen molar-refractivity contribution in [3.05, 3.63) is 57.9 Å². The summed E-state index contributed by atoms with van der Waals surface area (Å²) in [4.78, 5) is 28.9. The van der Waals surface area contributed by atoms with Crippen molar-refractivity contribution in [2.75, 3.05) is 37.0 Å². The van der Waals surface area contributed by atoms with Crippen LogP contribution in [0.4, 0.5) is 11.4 Å². The molecular formula is C22H25N3O3S. The topological polar surface area (TPSA) is 70.7 Å². The maximum Gasteiger partial charge on any atom is 0.239 e. The van der Waals surface area contributed by atoms with E-state index in [0.717, 1.165) is 40.4 Å². The fraction of sp³-hybridized carbons (Fsp3) is 0.364. The molecule has 2 N–H and O–H groups in total. The SMILES string of the molecule is COCCNC(=O)CN1c2ccccc2NC2=C(C(=O)CCC2)C1c1cccs1. The van der Waals surface area contributed by atoms with E-state index in [1.807, 2.05) is 41.8 Å². The number of allylic oxidation sites excluding steroid dienone is 1. The van der Waals surface area contributed by atoms with Crippen molar-refractivity contribution in [3.8, 4) is 0 Å². The number of nitrogens with one attached hydrogen (secondary N) is 2. The number of methoxy groups -OCH3 is 1. The number of Topliss-reactive ketones (excluding diaryl/α,β-unsaturated/α-hetero) is 1. The molecule has 2 aliphatic rings. The summed E-state index contributed by atoms with van der Waals surface area (Å²) in [5.41, 5.74) is 3.63. The summed E-state index contributed by atoms with van der Waals surface area (Å²) in [6, 6.07) is 11.7. The predicted molar refractivity (Wildman–Crippen MR) is 115 cm³/mol. The number of benzene rings is 1. The number of anilines is 2. The lowest BCUT2D eigenvalue weighted by Gasteiger charge is -2.34. The van der Waals surface area contributed by atoms with Crippen LogP contribution in [0.25, 0.3) is 0 Å². The van der Waals surface area contributed by atoms with Crippen molar-refractivity contribution in [1.29, 1.82) is 0 Å². The van der Waals surface area contributed by atoms with E-state index in [9.17, 15) is 9.59 Å². The minimum absolute atomic E-state index is 0.0919. The van der Waals surface area contributed by atoms with Gasteiger partial charge in [0, 0.05) is 36.2 Å². The lowest BCUT2D eigenvalue weighted by molar-refractivity contribution is -0.120. The molecule has 1 atom stereocenters. The Hall–Kier alpha value is -2.64. The number of carbonyl (C=O) groups is 2. The molecule has 6 nitrogen and oxygen atoms in total. The fourth-order valence-corrected chi connectivity index (χ4v) is 4.87. The van der Waals surface area contributed by atoms with Crippen LogP contribution < -0.4 is 15.5 Å². The second-order valence-electron chi connectivity index (χ2n) is 7.20. The molecule has 0 fully saturated rings. The van der Waals surface area contributed by atoms with Crippen molar-refractivity contribution in [3.63, 3.8) is 0 Å². The van der Waals surface area contributed by atoms with Crippen LogP contribution in [0.2, 0.25) is 0 Å². The standard InChI is InChI=1S/C22H25N3O3S/c1-28-12-11-23-20(27)14-25-17-8-3-2-6-15(17)24-16-7-4-9-18(26)21(16)22(25)19-10-5-13-29-19/h2-3,5-6,8,10,13,22,24H,4,7,9,11-12,14H2,1H3,(H,23,27). The summed E-state index contributed by atoms with van der Waals surface area (Å²) in [7, 11) is 1.61. The van der Waals surface area contributed by atoms with E-state index in [1.165, 1.54) is 0 Å². The number of hydrogen-bond donors (Lipinski definition) is 2. The highest BCUT2D eigenvalue weighted by Gasteiger charge is 2.37. The molecule has 2 heterocycles. The van der Waals surface area contributed by atoms with Crippen molar-refractivity contribution in [2.24, 2.45) is 0 Å². The van der Waals surface area contributed by atoms with Crippen molar-refractivity contribution < 1.29 is 14.3 Å². The van der Waals surface area contributed by atoms with Crippen LogP contribution in [0, 0.1) is 0 Å². The van der Waals surface area contributed by atoms with E-state index in [1.54, 1.807) is 18.4 Å². The van der Waals surface area contributed by atoms with Crippen LogP contribution in [0.15, 0.2) is 53.0 Å².